The molecular formula is C17H11F3N6O. The molecule has 1 saturated heterocycles. The van der Waals surface area contributed by atoms with Gasteiger partial charge >= 0.3 is 12.2 Å². The zero-order valence-electron chi connectivity index (χ0n) is 13.6. The van der Waals surface area contributed by atoms with E-state index in [0.717, 1.165) is 10.3 Å². The number of nitrogens with one attached hydrogen (secondary N) is 1. The van der Waals surface area contributed by atoms with Gasteiger partial charge in [0.25, 0.3) is 0 Å². The van der Waals surface area contributed by atoms with Gasteiger partial charge in [0, 0.05) is 23.2 Å². The van der Waals surface area contributed by atoms with Crippen molar-refractivity contribution >= 4 is 28.4 Å². The van der Waals surface area contributed by atoms with Crippen LogP contribution in [0.15, 0.2) is 42.9 Å². The Kier molecular flexibility index (Phi) is 3.73. The van der Waals surface area contributed by atoms with Gasteiger partial charge in [-0.1, -0.05) is 12.1 Å². The molecule has 10 heteroatoms. The summed E-state index contributed by atoms with van der Waals surface area (Å²) in [6.45, 7) is -0.110. The van der Waals surface area contributed by atoms with Crippen molar-refractivity contribution in [2.75, 3.05) is 16.3 Å². The van der Waals surface area contributed by atoms with Crippen LogP contribution in [-0.2, 0) is 6.18 Å². The van der Waals surface area contributed by atoms with Gasteiger partial charge in [0.15, 0.2) is 0 Å². The molecule has 0 radical (unpaired) electrons. The number of carbonyl (C=O) groups is 1. The molecule has 1 N–H and O–H groups in total. The molecule has 2 amide bonds. The average Bonchev–Trinajstić information content (AvgIpc) is 3.25. The Morgan fingerprint density at radius 1 is 1.26 bits per heavy atom. The van der Waals surface area contributed by atoms with E-state index in [9.17, 15) is 23.2 Å². The predicted molar refractivity (Wildman–Crippen MR) is 90.0 cm³/mol. The molecule has 1 aromatic carbocycles. The number of aromatic nitrogens is 3. The van der Waals surface area contributed by atoms with E-state index in [-0.39, 0.29) is 12.5 Å². The second kappa shape index (κ2) is 5.98. The third-order valence-electron chi connectivity index (χ3n) is 4.29. The lowest BCUT2D eigenvalue weighted by Crippen LogP contribution is -2.34. The van der Waals surface area contributed by atoms with E-state index in [0.29, 0.717) is 17.3 Å². The molecule has 0 bridgehead atoms. The van der Waals surface area contributed by atoms with Crippen molar-refractivity contribution in [1.29, 1.82) is 5.26 Å². The maximum absolute atomic E-state index is 12.9. The second-order valence-corrected chi connectivity index (χ2v) is 5.90. The molecular weight excluding hydrogens is 361 g/mol. The number of hydrogen-bond donors (Lipinski definition) is 1. The Bertz CT molecular complexity index is 1060. The number of nitriles is 1. The lowest BCUT2D eigenvalue weighted by atomic mass is 10.1. The van der Waals surface area contributed by atoms with Crippen LogP contribution >= 0.6 is 0 Å². The van der Waals surface area contributed by atoms with Crippen molar-refractivity contribution in [3.63, 3.8) is 0 Å². The zero-order valence-corrected chi connectivity index (χ0v) is 13.6. The van der Waals surface area contributed by atoms with Crippen LogP contribution in [0.1, 0.15) is 5.69 Å². The van der Waals surface area contributed by atoms with Crippen LogP contribution in [-0.4, -0.2) is 33.6 Å². The van der Waals surface area contributed by atoms with Crippen LogP contribution in [0.2, 0.25) is 0 Å². The number of pyridine rings is 1. The SMILES string of the molecule is N#C[C@@H]1CN(c2ncc(C(F)(F)F)[nH]2)C(=O)N1c1cccc2cnccc12. The number of H-pyrrole nitrogens is 1. The van der Waals surface area contributed by atoms with E-state index < -0.39 is 23.9 Å². The number of nitrogens with zero attached hydrogens (tertiary/aromatic N) is 5. The molecule has 7 nitrogen and oxygen atoms in total. The third-order valence-corrected chi connectivity index (χ3v) is 4.29. The molecule has 0 saturated carbocycles. The van der Waals surface area contributed by atoms with E-state index in [1.165, 1.54) is 4.90 Å². The number of urea groups is 1. The number of benzene rings is 1. The summed E-state index contributed by atoms with van der Waals surface area (Å²) in [5, 5.41) is 11.0. The van der Waals surface area contributed by atoms with Crippen LogP contribution in [0.25, 0.3) is 10.8 Å². The Balaban J connectivity index is 1.75. The van der Waals surface area contributed by atoms with Crippen LogP contribution in [0.5, 0.6) is 0 Å². The molecule has 136 valence electrons. The fraction of sp³-hybridized carbons (Fsp3) is 0.176. The summed E-state index contributed by atoms with van der Waals surface area (Å²) in [6, 6.07) is 7.44. The summed E-state index contributed by atoms with van der Waals surface area (Å²) in [4.78, 5) is 25.0. The molecule has 1 fully saturated rings. The van der Waals surface area contributed by atoms with Crippen molar-refractivity contribution < 1.29 is 18.0 Å². The maximum atomic E-state index is 12.9. The van der Waals surface area contributed by atoms with Crippen molar-refractivity contribution in [3.8, 4) is 6.07 Å². The van der Waals surface area contributed by atoms with Gasteiger partial charge in [0.1, 0.15) is 11.7 Å². The fourth-order valence-corrected chi connectivity index (χ4v) is 3.05. The lowest BCUT2D eigenvalue weighted by Gasteiger charge is -2.20. The summed E-state index contributed by atoms with van der Waals surface area (Å²) >= 11 is 0. The summed E-state index contributed by atoms with van der Waals surface area (Å²) in [5.74, 6) is -0.253. The highest BCUT2D eigenvalue weighted by Crippen LogP contribution is 2.34. The van der Waals surface area contributed by atoms with Crippen LogP contribution in [0, 0.1) is 11.3 Å². The van der Waals surface area contributed by atoms with Gasteiger partial charge in [-0.25, -0.2) is 9.78 Å². The number of halogens is 3. The van der Waals surface area contributed by atoms with Crippen molar-refractivity contribution in [1.82, 2.24) is 15.0 Å². The molecule has 0 unspecified atom stereocenters. The standard InChI is InChI=1S/C17H11F3N6O/c18-17(19,20)14-8-23-15(24-14)25-9-11(6-21)26(16(25)27)13-3-1-2-10-7-22-5-4-12(10)13/h1-5,7-8,11H,9H2,(H,23,24)/t11-/m1/s1. The van der Waals surface area contributed by atoms with E-state index in [2.05, 4.69) is 15.0 Å². The molecule has 0 aliphatic carbocycles. The maximum Gasteiger partial charge on any atom is 0.432 e. The number of alkyl halides is 3. The minimum absolute atomic E-state index is 0.110. The number of aromatic amines is 1. The van der Waals surface area contributed by atoms with Crippen LogP contribution < -0.4 is 9.80 Å². The van der Waals surface area contributed by atoms with E-state index in [4.69, 9.17) is 0 Å². The molecule has 1 aliphatic rings. The molecule has 4 rings (SSSR count). The Morgan fingerprint density at radius 3 is 2.78 bits per heavy atom. The first-order valence-corrected chi connectivity index (χ1v) is 7.85. The molecule has 2 aromatic heterocycles. The van der Waals surface area contributed by atoms with Gasteiger partial charge in [-0.2, -0.15) is 18.4 Å². The molecule has 1 atom stereocenters. The highest BCUT2D eigenvalue weighted by Gasteiger charge is 2.42. The number of imidazole rings is 1. The van der Waals surface area contributed by atoms with Gasteiger partial charge in [-0.15, -0.1) is 0 Å². The number of hydrogen-bond acceptors (Lipinski definition) is 4. The summed E-state index contributed by atoms with van der Waals surface area (Å²) in [6.07, 6.45) is -0.796. The quantitative estimate of drug-likeness (QED) is 0.747. The van der Waals surface area contributed by atoms with Gasteiger partial charge in [0.2, 0.25) is 5.95 Å². The molecule has 1 aliphatic heterocycles. The van der Waals surface area contributed by atoms with Gasteiger partial charge < -0.3 is 4.98 Å². The summed E-state index contributed by atoms with van der Waals surface area (Å²) < 4.78 is 38.4. The monoisotopic (exact) mass is 372 g/mol. The Hall–Kier alpha value is -3.61. The number of carbonyl (C=O) groups excluding carboxylic acids is 1. The Labute approximate surface area is 150 Å². The Morgan fingerprint density at radius 2 is 2.07 bits per heavy atom. The van der Waals surface area contributed by atoms with E-state index in [1.807, 2.05) is 12.1 Å². The molecule has 3 aromatic rings. The van der Waals surface area contributed by atoms with Gasteiger partial charge in [-0.05, 0) is 12.1 Å². The number of amides is 2. The van der Waals surface area contributed by atoms with Crippen LogP contribution in [0.4, 0.5) is 29.6 Å². The largest absolute Gasteiger partial charge is 0.432 e. The highest BCUT2D eigenvalue weighted by molar-refractivity contribution is 6.11. The summed E-state index contributed by atoms with van der Waals surface area (Å²) in [7, 11) is 0. The van der Waals surface area contributed by atoms with Crippen molar-refractivity contribution in [2.45, 2.75) is 12.2 Å². The molecule has 3 heterocycles. The topological polar surface area (TPSA) is 88.9 Å². The summed E-state index contributed by atoms with van der Waals surface area (Å²) in [5.41, 5.74) is -0.579. The molecule has 0 spiro atoms. The van der Waals surface area contributed by atoms with Crippen molar-refractivity contribution in [2.24, 2.45) is 0 Å². The second-order valence-electron chi connectivity index (χ2n) is 5.90. The smallest absolute Gasteiger partial charge is 0.320 e. The fourth-order valence-electron chi connectivity index (χ4n) is 3.05. The van der Waals surface area contributed by atoms with E-state index >= 15 is 0 Å². The van der Waals surface area contributed by atoms with Gasteiger partial charge in [0.05, 0.1) is 24.5 Å². The predicted octanol–water partition coefficient (Wildman–Crippen LogP) is 3.32. The minimum atomic E-state index is -4.61. The number of anilines is 2. The first-order chi connectivity index (χ1) is 12.9. The zero-order chi connectivity index (χ0) is 19.2. The first-order valence-electron chi connectivity index (χ1n) is 7.85. The normalized spacial score (nSPS) is 17.6. The number of fused-ring (bicyclic) bond motifs is 1. The van der Waals surface area contributed by atoms with Crippen molar-refractivity contribution in [3.05, 3.63) is 48.5 Å². The number of rotatable bonds is 2. The molecule has 27 heavy (non-hydrogen) atoms. The van der Waals surface area contributed by atoms with Gasteiger partial charge in [-0.3, -0.25) is 14.8 Å². The third kappa shape index (κ3) is 2.73. The van der Waals surface area contributed by atoms with Crippen LogP contribution in [0.3, 0.4) is 0 Å². The first kappa shape index (κ1) is 16.8. The van der Waals surface area contributed by atoms with E-state index in [1.54, 1.807) is 30.6 Å². The average molecular weight is 372 g/mol. The highest BCUT2D eigenvalue weighted by atomic mass is 19.4. The minimum Gasteiger partial charge on any atom is -0.320 e. The lowest BCUT2D eigenvalue weighted by molar-refractivity contribution is -0.140.